The molecule has 1 aromatic heterocycles. The number of nitrogens with one attached hydrogen (secondary N) is 2. The molecule has 0 spiro atoms. The van der Waals surface area contributed by atoms with Gasteiger partial charge in [-0.15, -0.1) is 35.3 Å². The molecule has 1 fully saturated rings. The second-order valence-corrected chi connectivity index (χ2v) is 7.50. The highest BCUT2D eigenvalue weighted by Crippen LogP contribution is 2.22. The molecule has 2 unspecified atom stereocenters. The van der Waals surface area contributed by atoms with Gasteiger partial charge in [-0.3, -0.25) is 9.89 Å². The average molecular weight is 504 g/mol. The summed E-state index contributed by atoms with van der Waals surface area (Å²) in [6, 6.07) is 4.15. The first-order chi connectivity index (χ1) is 11.9. The van der Waals surface area contributed by atoms with Crippen LogP contribution < -0.4 is 10.6 Å². The van der Waals surface area contributed by atoms with Crippen molar-refractivity contribution in [2.45, 2.75) is 32.4 Å². The molecule has 2 atom stereocenters. The van der Waals surface area contributed by atoms with Gasteiger partial charge in [-0.05, 0) is 37.3 Å². The third kappa shape index (κ3) is 8.43. The van der Waals surface area contributed by atoms with Crippen molar-refractivity contribution >= 4 is 41.3 Å². The molecule has 2 N–H and O–H groups in total. The second kappa shape index (κ2) is 11.3. The van der Waals surface area contributed by atoms with Crippen LogP contribution in [0.4, 0.5) is 13.2 Å². The van der Waals surface area contributed by atoms with Crippen molar-refractivity contribution < 1.29 is 13.2 Å². The zero-order chi connectivity index (χ0) is 18.3. The van der Waals surface area contributed by atoms with Crippen LogP contribution in [0, 0.1) is 5.92 Å². The van der Waals surface area contributed by atoms with Crippen LogP contribution in [0.3, 0.4) is 0 Å². The Morgan fingerprint density at radius 3 is 2.81 bits per heavy atom. The largest absolute Gasteiger partial charge is 0.401 e. The van der Waals surface area contributed by atoms with Gasteiger partial charge in [0.25, 0.3) is 0 Å². The predicted octanol–water partition coefficient (Wildman–Crippen LogP) is 3.91. The highest BCUT2D eigenvalue weighted by atomic mass is 127. The Bertz CT molecular complexity index is 537. The van der Waals surface area contributed by atoms with Gasteiger partial charge >= 0.3 is 6.18 Å². The standard InChI is InChI=1S/C17H27F3N4S.HI/c1-3-21-16(22-9-13(2)15-5-4-8-25-15)23-10-14-6-7-24(11-14)12-17(18,19)20;/h4-5,8,13-14H,3,6-7,9-12H2,1-2H3,(H2,21,22,23);1H. The number of hydrogen-bond acceptors (Lipinski definition) is 3. The van der Waals surface area contributed by atoms with Gasteiger partial charge in [0.15, 0.2) is 5.96 Å². The van der Waals surface area contributed by atoms with Gasteiger partial charge in [0, 0.05) is 30.4 Å². The molecule has 4 nitrogen and oxygen atoms in total. The van der Waals surface area contributed by atoms with Crippen LogP contribution >= 0.6 is 35.3 Å². The van der Waals surface area contributed by atoms with E-state index in [1.54, 1.807) is 11.3 Å². The van der Waals surface area contributed by atoms with E-state index in [0.717, 1.165) is 18.9 Å². The summed E-state index contributed by atoms with van der Waals surface area (Å²) in [5.41, 5.74) is 0. The number of nitrogens with zero attached hydrogens (tertiary/aromatic N) is 2. The van der Waals surface area contributed by atoms with Crippen molar-refractivity contribution in [2.24, 2.45) is 10.9 Å². The molecule has 2 rings (SSSR count). The first-order valence-corrected chi connectivity index (χ1v) is 9.60. The van der Waals surface area contributed by atoms with E-state index in [-0.39, 0.29) is 29.9 Å². The minimum Gasteiger partial charge on any atom is -0.357 e. The third-order valence-corrected chi connectivity index (χ3v) is 5.33. The lowest BCUT2D eigenvalue weighted by Crippen LogP contribution is -2.41. The smallest absolute Gasteiger partial charge is 0.357 e. The fourth-order valence-corrected chi connectivity index (χ4v) is 3.73. The monoisotopic (exact) mass is 504 g/mol. The maximum absolute atomic E-state index is 12.5. The lowest BCUT2D eigenvalue weighted by atomic mass is 10.1. The van der Waals surface area contributed by atoms with E-state index in [0.29, 0.717) is 32.1 Å². The molecular weight excluding hydrogens is 476 g/mol. The van der Waals surface area contributed by atoms with Crippen LogP contribution in [0.5, 0.6) is 0 Å². The summed E-state index contributed by atoms with van der Waals surface area (Å²) in [6.07, 6.45) is -3.33. The van der Waals surface area contributed by atoms with Crippen molar-refractivity contribution in [3.8, 4) is 0 Å². The molecule has 1 aliphatic rings. The highest BCUT2D eigenvalue weighted by Gasteiger charge is 2.34. The molecule has 0 saturated carbocycles. The van der Waals surface area contributed by atoms with E-state index in [1.165, 1.54) is 9.78 Å². The first-order valence-electron chi connectivity index (χ1n) is 8.72. The Hall–Kier alpha value is -0.550. The SMILES string of the molecule is CCNC(=NCC(C)c1cccs1)NCC1CCN(CC(F)(F)F)C1.I. The van der Waals surface area contributed by atoms with E-state index in [4.69, 9.17) is 0 Å². The molecule has 150 valence electrons. The molecule has 1 aliphatic heterocycles. The van der Waals surface area contributed by atoms with Crippen molar-refractivity contribution in [2.75, 3.05) is 39.3 Å². The summed E-state index contributed by atoms with van der Waals surface area (Å²) < 4.78 is 37.4. The lowest BCUT2D eigenvalue weighted by Gasteiger charge is -2.19. The zero-order valence-electron chi connectivity index (χ0n) is 15.2. The van der Waals surface area contributed by atoms with Crippen molar-refractivity contribution in [3.63, 3.8) is 0 Å². The maximum Gasteiger partial charge on any atom is 0.401 e. The minimum absolute atomic E-state index is 0. The fraction of sp³-hybridized carbons (Fsp3) is 0.706. The Morgan fingerprint density at radius 2 is 2.19 bits per heavy atom. The summed E-state index contributed by atoms with van der Waals surface area (Å²) in [6.45, 7) is 6.41. The van der Waals surface area contributed by atoms with Crippen LogP contribution in [-0.2, 0) is 0 Å². The number of likely N-dealkylation sites (tertiary alicyclic amines) is 1. The molecule has 9 heteroatoms. The number of aliphatic imine (C=N–C) groups is 1. The maximum atomic E-state index is 12.5. The van der Waals surface area contributed by atoms with E-state index in [2.05, 4.69) is 34.0 Å². The lowest BCUT2D eigenvalue weighted by molar-refractivity contribution is -0.143. The molecule has 1 aromatic rings. The topological polar surface area (TPSA) is 39.7 Å². The number of thiophene rings is 1. The molecule has 2 heterocycles. The highest BCUT2D eigenvalue weighted by molar-refractivity contribution is 14.0. The Balaban J connectivity index is 0.00000338. The van der Waals surface area contributed by atoms with Gasteiger partial charge in [-0.25, -0.2) is 0 Å². The Morgan fingerprint density at radius 1 is 1.42 bits per heavy atom. The number of guanidine groups is 1. The Labute approximate surface area is 174 Å². The number of halogens is 4. The van der Waals surface area contributed by atoms with Gasteiger partial charge in [-0.2, -0.15) is 13.2 Å². The van der Waals surface area contributed by atoms with Gasteiger partial charge in [-0.1, -0.05) is 13.0 Å². The molecule has 1 saturated heterocycles. The third-order valence-electron chi connectivity index (χ3n) is 4.23. The molecular formula is C17H28F3IN4S. The molecule has 0 aliphatic carbocycles. The number of alkyl halides is 3. The normalized spacial score (nSPS) is 19.9. The van der Waals surface area contributed by atoms with Crippen molar-refractivity contribution in [3.05, 3.63) is 22.4 Å². The minimum atomic E-state index is -4.11. The summed E-state index contributed by atoms with van der Waals surface area (Å²) in [4.78, 5) is 7.40. The molecule has 26 heavy (non-hydrogen) atoms. The number of hydrogen-bond donors (Lipinski definition) is 2. The number of rotatable bonds is 7. The Kier molecular flexibility index (Phi) is 10.2. The molecule has 0 bridgehead atoms. The predicted molar refractivity (Wildman–Crippen MR) is 113 cm³/mol. The molecule has 0 aromatic carbocycles. The summed E-state index contributed by atoms with van der Waals surface area (Å²) in [5.74, 6) is 1.31. The van der Waals surface area contributed by atoms with Crippen molar-refractivity contribution in [1.82, 2.24) is 15.5 Å². The van der Waals surface area contributed by atoms with Gasteiger partial charge in [0.1, 0.15) is 0 Å². The fourth-order valence-electron chi connectivity index (χ4n) is 2.95. The van der Waals surface area contributed by atoms with Crippen LogP contribution in [0.25, 0.3) is 0 Å². The van der Waals surface area contributed by atoms with E-state index in [9.17, 15) is 13.2 Å². The second-order valence-electron chi connectivity index (χ2n) is 6.52. The quantitative estimate of drug-likeness (QED) is 0.336. The van der Waals surface area contributed by atoms with Gasteiger partial charge < -0.3 is 10.6 Å². The first kappa shape index (κ1) is 23.5. The van der Waals surface area contributed by atoms with Crippen LogP contribution in [0.15, 0.2) is 22.5 Å². The molecule has 0 amide bonds. The summed E-state index contributed by atoms with van der Waals surface area (Å²) >= 11 is 1.73. The van der Waals surface area contributed by atoms with Gasteiger partial charge in [0.2, 0.25) is 0 Å². The van der Waals surface area contributed by atoms with Crippen LogP contribution in [0.2, 0.25) is 0 Å². The van der Waals surface area contributed by atoms with Crippen LogP contribution in [-0.4, -0.2) is 56.3 Å². The summed E-state index contributed by atoms with van der Waals surface area (Å²) in [7, 11) is 0. The average Bonchev–Trinajstić information content (AvgIpc) is 3.20. The zero-order valence-corrected chi connectivity index (χ0v) is 18.3. The van der Waals surface area contributed by atoms with E-state index >= 15 is 0 Å². The molecule has 0 radical (unpaired) electrons. The van der Waals surface area contributed by atoms with Crippen molar-refractivity contribution in [1.29, 1.82) is 0 Å². The van der Waals surface area contributed by atoms with Crippen LogP contribution in [0.1, 0.15) is 31.1 Å². The van der Waals surface area contributed by atoms with E-state index in [1.807, 2.05) is 13.0 Å². The van der Waals surface area contributed by atoms with Gasteiger partial charge in [0.05, 0.1) is 13.1 Å². The summed E-state index contributed by atoms with van der Waals surface area (Å²) in [5, 5.41) is 8.55. The van der Waals surface area contributed by atoms with E-state index < -0.39 is 12.7 Å².